The third-order valence-corrected chi connectivity index (χ3v) is 5.21. The highest BCUT2D eigenvalue weighted by atomic mass is 79.9. The van der Waals surface area contributed by atoms with Gasteiger partial charge in [0.2, 0.25) is 16.0 Å². The quantitative estimate of drug-likeness (QED) is 0.646. The van der Waals surface area contributed by atoms with Gasteiger partial charge in [-0.1, -0.05) is 0 Å². The molecule has 3 rings (SSSR count). The zero-order valence-electron chi connectivity index (χ0n) is 13.3. The molecule has 0 spiro atoms. The maximum absolute atomic E-state index is 11.3. The van der Waals surface area contributed by atoms with Gasteiger partial charge < -0.3 is 15.4 Å². The molecule has 1 aliphatic heterocycles. The molecule has 1 aromatic heterocycles. The van der Waals surface area contributed by atoms with Gasteiger partial charge in [-0.15, -0.1) is 0 Å². The van der Waals surface area contributed by atoms with Crippen LogP contribution in [0.5, 0.6) is 0 Å². The summed E-state index contributed by atoms with van der Waals surface area (Å²) in [7, 11) is -3.71. The number of hydrogen-bond acceptors (Lipinski definition) is 7. The topological polar surface area (TPSA) is 119 Å². The number of primary sulfonamides is 1. The number of benzene rings is 1. The Balaban J connectivity index is 1.68. The fourth-order valence-electron chi connectivity index (χ4n) is 2.42. The van der Waals surface area contributed by atoms with Gasteiger partial charge in [0, 0.05) is 25.0 Å². The molecule has 1 atom stereocenters. The van der Waals surface area contributed by atoms with E-state index in [-0.39, 0.29) is 11.0 Å². The molecule has 2 heterocycles. The molecule has 1 unspecified atom stereocenters. The van der Waals surface area contributed by atoms with Gasteiger partial charge in [0.15, 0.2) is 0 Å². The summed E-state index contributed by atoms with van der Waals surface area (Å²) in [6.07, 6.45) is 3.96. The van der Waals surface area contributed by atoms with Crippen molar-refractivity contribution in [2.45, 2.75) is 23.8 Å². The summed E-state index contributed by atoms with van der Waals surface area (Å²) in [5.41, 5.74) is 0.653. The largest absolute Gasteiger partial charge is 0.376 e. The smallest absolute Gasteiger partial charge is 0.238 e. The van der Waals surface area contributed by atoms with Gasteiger partial charge in [-0.3, -0.25) is 0 Å². The van der Waals surface area contributed by atoms with Crippen LogP contribution < -0.4 is 15.8 Å². The van der Waals surface area contributed by atoms with Crippen LogP contribution in [-0.2, 0) is 14.8 Å². The van der Waals surface area contributed by atoms with Crippen molar-refractivity contribution < 1.29 is 13.2 Å². The van der Waals surface area contributed by atoms with Crippen molar-refractivity contribution in [3.63, 3.8) is 0 Å². The molecule has 1 aliphatic rings. The molecular weight excluding hydrogens is 410 g/mol. The minimum atomic E-state index is -3.71. The third kappa shape index (κ3) is 4.88. The summed E-state index contributed by atoms with van der Waals surface area (Å²) in [6, 6.07) is 6.05. The predicted octanol–water partition coefficient (Wildman–Crippen LogP) is 2.22. The van der Waals surface area contributed by atoms with E-state index in [4.69, 9.17) is 9.88 Å². The lowest BCUT2D eigenvalue weighted by molar-refractivity contribution is 0.120. The first-order valence-corrected chi connectivity index (χ1v) is 10.0. The maximum Gasteiger partial charge on any atom is 0.238 e. The number of nitrogens with zero attached hydrogens (tertiary/aromatic N) is 2. The van der Waals surface area contributed by atoms with Crippen molar-refractivity contribution in [3.05, 3.63) is 34.9 Å². The number of anilines is 3. The number of nitrogens with one attached hydrogen (secondary N) is 2. The fraction of sp³-hybridized carbons (Fsp3) is 0.333. The molecule has 8 nitrogen and oxygen atoms in total. The Morgan fingerprint density at radius 2 is 2.08 bits per heavy atom. The molecule has 0 radical (unpaired) electrons. The molecule has 1 aromatic carbocycles. The van der Waals surface area contributed by atoms with E-state index in [9.17, 15) is 8.42 Å². The highest BCUT2D eigenvalue weighted by Crippen LogP contribution is 2.23. The lowest BCUT2D eigenvalue weighted by Crippen LogP contribution is -2.19. The molecule has 0 saturated carbocycles. The third-order valence-electron chi connectivity index (χ3n) is 3.70. The molecule has 2 aromatic rings. The van der Waals surface area contributed by atoms with Crippen LogP contribution in [0.1, 0.15) is 12.8 Å². The summed E-state index contributed by atoms with van der Waals surface area (Å²) >= 11 is 3.42. The van der Waals surface area contributed by atoms with Crippen LogP contribution in [0, 0.1) is 0 Å². The predicted molar refractivity (Wildman–Crippen MR) is 98.3 cm³/mol. The number of halogens is 1. The van der Waals surface area contributed by atoms with E-state index in [0.717, 1.165) is 23.9 Å². The van der Waals surface area contributed by atoms with Crippen LogP contribution in [0.3, 0.4) is 0 Å². The number of ether oxygens (including phenoxy) is 1. The standard InChI is InChI=1S/C15H18BrN5O3S/c16-13-9-19-15(21-14(13)18-8-11-2-1-7-24-11)20-10-3-5-12(6-4-10)25(17,22)23/h3-6,9,11H,1-2,7-8H2,(H2,17,22,23)(H2,18,19,20,21). The second-order valence-corrected chi connectivity index (χ2v) is 8.02. The second kappa shape index (κ2) is 7.65. The Hall–Kier alpha value is -1.75. The molecule has 1 saturated heterocycles. The van der Waals surface area contributed by atoms with Gasteiger partial charge in [0.1, 0.15) is 5.82 Å². The average Bonchev–Trinajstić information content (AvgIpc) is 3.08. The van der Waals surface area contributed by atoms with Crippen molar-refractivity contribution in [1.29, 1.82) is 0 Å². The molecule has 1 fully saturated rings. The summed E-state index contributed by atoms with van der Waals surface area (Å²) in [4.78, 5) is 8.67. The Morgan fingerprint density at radius 3 is 2.72 bits per heavy atom. The summed E-state index contributed by atoms with van der Waals surface area (Å²) in [5, 5.41) is 11.4. The minimum absolute atomic E-state index is 0.0497. The van der Waals surface area contributed by atoms with E-state index in [1.807, 2.05) is 0 Å². The molecule has 0 bridgehead atoms. The first-order valence-electron chi connectivity index (χ1n) is 7.70. The van der Waals surface area contributed by atoms with Crippen molar-refractivity contribution in [2.75, 3.05) is 23.8 Å². The van der Waals surface area contributed by atoms with Gasteiger partial charge in [0.05, 0.1) is 15.5 Å². The van der Waals surface area contributed by atoms with Crippen LogP contribution in [-0.4, -0.2) is 37.6 Å². The van der Waals surface area contributed by atoms with Gasteiger partial charge in [0.25, 0.3) is 0 Å². The van der Waals surface area contributed by atoms with E-state index in [2.05, 4.69) is 36.5 Å². The monoisotopic (exact) mass is 427 g/mol. The van der Waals surface area contributed by atoms with E-state index >= 15 is 0 Å². The SMILES string of the molecule is NS(=O)(=O)c1ccc(Nc2ncc(Br)c(NCC3CCCO3)n2)cc1. The van der Waals surface area contributed by atoms with E-state index in [1.165, 1.54) is 12.1 Å². The number of rotatable bonds is 6. The molecular formula is C15H18BrN5O3S. The van der Waals surface area contributed by atoms with Gasteiger partial charge in [-0.05, 0) is 53.0 Å². The normalized spacial score (nSPS) is 17.4. The Kier molecular flexibility index (Phi) is 5.52. The zero-order valence-corrected chi connectivity index (χ0v) is 15.7. The lowest BCUT2D eigenvalue weighted by atomic mass is 10.2. The summed E-state index contributed by atoms with van der Waals surface area (Å²) in [6.45, 7) is 1.48. The Labute approximate surface area is 154 Å². The fourth-order valence-corrected chi connectivity index (χ4v) is 3.27. The summed E-state index contributed by atoms with van der Waals surface area (Å²) < 4.78 is 28.9. The minimum Gasteiger partial charge on any atom is -0.376 e. The molecule has 10 heteroatoms. The van der Waals surface area contributed by atoms with Gasteiger partial charge in [-0.25, -0.2) is 18.5 Å². The maximum atomic E-state index is 11.3. The highest BCUT2D eigenvalue weighted by Gasteiger charge is 2.16. The van der Waals surface area contributed by atoms with Crippen molar-refractivity contribution in [2.24, 2.45) is 5.14 Å². The van der Waals surface area contributed by atoms with E-state index < -0.39 is 10.0 Å². The van der Waals surface area contributed by atoms with Crippen molar-refractivity contribution in [3.8, 4) is 0 Å². The average molecular weight is 428 g/mol. The Morgan fingerprint density at radius 1 is 1.32 bits per heavy atom. The number of aromatic nitrogens is 2. The van der Waals surface area contributed by atoms with Crippen LogP contribution in [0.4, 0.5) is 17.5 Å². The molecule has 0 aliphatic carbocycles. The summed E-state index contributed by atoms with van der Waals surface area (Å²) in [5.74, 6) is 1.05. The zero-order chi connectivity index (χ0) is 17.9. The number of sulfonamides is 1. The molecule has 25 heavy (non-hydrogen) atoms. The van der Waals surface area contributed by atoms with Gasteiger partial charge >= 0.3 is 0 Å². The van der Waals surface area contributed by atoms with Crippen LogP contribution >= 0.6 is 15.9 Å². The van der Waals surface area contributed by atoms with E-state index in [1.54, 1.807) is 18.3 Å². The number of nitrogens with two attached hydrogens (primary N) is 1. The number of hydrogen-bond donors (Lipinski definition) is 3. The van der Waals surface area contributed by atoms with Crippen molar-refractivity contribution >= 4 is 43.4 Å². The Bertz CT molecular complexity index is 839. The molecule has 134 valence electrons. The van der Waals surface area contributed by atoms with E-state index in [0.29, 0.717) is 24.0 Å². The lowest BCUT2D eigenvalue weighted by Gasteiger charge is -2.13. The first kappa shape index (κ1) is 18.1. The highest BCUT2D eigenvalue weighted by molar-refractivity contribution is 9.10. The molecule has 0 amide bonds. The molecule has 4 N–H and O–H groups in total. The van der Waals surface area contributed by atoms with Crippen LogP contribution in [0.25, 0.3) is 0 Å². The van der Waals surface area contributed by atoms with Gasteiger partial charge in [-0.2, -0.15) is 4.98 Å². The van der Waals surface area contributed by atoms with Crippen LogP contribution in [0.15, 0.2) is 39.8 Å². The van der Waals surface area contributed by atoms with Crippen LogP contribution in [0.2, 0.25) is 0 Å². The first-order chi connectivity index (χ1) is 11.9. The van der Waals surface area contributed by atoms with Crippen molar-refractivity contribution in [1.82, 2.24) is 9.97 Å². The second-order valence-electron chi connectivity index (χ2n) is 5.60.